The van der Waals surface area contributed by atoms with Crippen LogP contribution in [0.4, 0.5) is 5.82 Å². The Morgan fingerprint density at radius 1 is 1.30 bits per heavy atom. The van der Waals surface area contributed by atoms with E-state index in [1.54, 1.807) is 12.3 Å². The molecule has 0 bridgehead atoms. The second-order valence-corrected chi connectivity index (χ2v) is 5.00. The number of aromatic nitrogens is 2. The Morgan fingerprint density at radius 3 is 2.70 bits per heavy atom. The summed E-state index contributed by atoms with van der Waals surface area (Å²) in [6, 6.07) is 9.14. The van der Waals surface area contributed by atoms with Crippen LogP contribution in [-0.2, 0) is 14.9 Å². The number of nitrogens with two attached hydrogens (primary N) is 1. The van der Waals surface area contributed by atoms with Crippen LogP contribution in [-0.4, -0.2) is 23.0 Å². The second-order valence-electron chi connectivity index (χ2n) is 5.00. The third-order valence-corrected chi connectivity index (χ3v) is 3.22. The summed E-state index contributed by atoms with van der Waals surface area (Å²) < 4.78 is 4.84. The van der Waals surface area contributed by atoms with E-state index in [0.717, 1.165) is 11.1 Å². The van der Waals surface area contributed by atoms with Gasteiger partial charge in [0, 0.05) is 11.8 Å². The highest BCUT2D eigenvalue weighted by atomic mass is 16.5. The molecule has 5 nitrogen and oxygen atoms in total. The summed E-state index contributed by atoms with van der Waals surface area (Å²) in [5, 5.41) is 0. The maximum atomic E-state index is 11.9. The van der Waals surface area contributed by atoms with Crippen molar-refractivity contribution in [3.63, 3.8) is 0 Å². The quantitative estimate of drug-likeness (QED) is 0.866. The zero-order valence-corrected chi connectivity index (χ0v) is 11.8. The van der Waals surface area contributed by atoms with Crippen molar-refractivity contribution in [3.8, 4) is 11.4 Å². The number of nitrogen functional groups attached to an aromatic ring is 1. The molecule has 0 atom stereocenters. The number of ether oxygens (including phenoxy) is 1. The largest absolute Gasteiger partial charge is 0.468 e. The number of hydrogen-bond acceptors (Lipinski definition) is 5. The number of carbonyl (C=O) groups is 1. The molecule has 0 saturated heterocycles. The third-order valence-electron chi connectivity index (χ3n) is 3.22. The van der Waals surface area contributed by atoms with Gasteiger partial charge in [-0.2, -0.15) is 0 Å². The zero-order valence-electron chi connectivity index (χ0n) is 11.8. The molecule has 1 heterocycles. The number of esters is 1. The first kappa shape index (κ1) is 14.0. The lowest BCUT2D eigenvalue weighted by molar-refractivity contribution is -0.146. The van der Waals surface area contributed by atoms with E-state index in [0.29, 0.717) is 11.6 Å². The maximum absolute atomic E-state index is 11.9. The van der Waals surface area contributed by atoms with Crippen molar-refractivity contribution in [2.24, 2.45) is 0 Å². The lowest BCUT2D eigenvalue weighted by Crippen LogP contribution is -2.30. The van der Waals surface area contributed by atoms with Crippen molar-refractivity contribution in [1.82, 2.24) is 9.97 Å². The second kappa shape index (κ2) is 5.28. The van der Waals surface area contributed by atoms with Gasteiger partial charge in [-0.15, -0.1) is 0 Å². The molecule has 2 aromatic rings. The Morgan fingerprint density at radius 2 is 2.05 bits per heavy atom. The summed E-state index contributed by atoms with van der Waals surface area (Å²) in [4.78, 5) is 20.2. The third kappa shape index (κ3) is 2.61. The van der Waals surface area contributed by atoms with E-state index in [4.69, 9.17) is 10.5 Å². The Labute approximate surface area is 117 Å². The fourth-order valence-electron chi connectivity index (χ4n) is 1.93. The van der Waals surface area contributed by atoms with Gasteiger partial charge in [0.15, 0.2) is 5.82 Å². The van der Waals surface area contributed by atoms with E-state index in [9.17, 15) is 4.79 Å². The topological polar surface area (TPSA) is 78.1 Å². The molecule has 2 rings (SSSR count). The number of nitrogens with zero attached hydrogens (tertiary/aromatic N) is 2. The number of rotatable bonds is 3. The van der Waals surface area contributed by atoms with Crippen LogP contribution < -0.4 is 5.73 Å². The minimum absolute atomic E-state index is 0.289. The van der Waals surface area contributed by atoms with Crippen LogP contribution in [0.2, 0.25) is 0 Å². The summed E-state index contributed by atoms with van der Waals surface area (Å²) in [6.45, 7) is 3.64. The first-order valence-corrected chi connectivity index (χ1v) is 6.23. The SMILES string of the molecule is COC(=O)C(C)(C)c1cccc(-c2nccc(N)n2)c1. The molecule has 5 heteroatoms. The summed E-state index contributed by atoms with van der Waals surface area (Å²) in [7, 11) is 1.38. The Kier molecular flexibility index (Phi) is 3.70. The van der Waals surface area contributed by atoms with Crippen molar-refractivity contribution in [2.75, 3.05) is 12.8 Å². The monoisotopic (exact) mass is 271 g/mol. The van der Waals surface area contributed by atoms with Crippen LogP contribution in [0.25, 0.3) is 11.4 Å². The fraction of sp³-hybridized carbons (Fsp3) is 0.267. The molecule has 0 fully saturated rings. The first-order valence-electron chi connectivity index (χ1n) is 6.23. The Balaban J connectivity index is 2.45. The summed E-state index contributed by atoms with van der Waals surface area (Å²) in [5.41, 5.74) is 6.59. The molecule has 1 aromatic carbocycles. The van der Waals surface area contributed by atoms with Crippen LogP contribution in [0, 0.1) is 0 Å². The Bertz CT molecular complexity index is 639. The van der Waals surface area contributed by atoms with Gasteiger partial charge < -0.3 is 10.5 Å². The number of hydrogen-bond donors (Lipinski definition) is 1. The molecule has 0 aliphatic heterocycles. The highest BCUT2D eigenvalue weighted by Gasteiger charge is 2.31. The van der Waals surface area contributed by atoms with Crippen molar-refractivity contribution < 1.29 is 9.53 Å². The molecule has 20 heavy (non-hydrogen) atoms. The van der Waals surface area contributed by atoms with E-state index < -0.39 is 5.41 Å². The van der Waals surface area contributed by atoms with E-state index in [-0.39, 0.29) is 5.97 Å². The predicted molar refractivity (Wildman–Crippen MR) is 76.9 cm³/mol. The molecule has 0 aliphatic carbocycles. The first-order chi connectivity index (χ1) is 9.45. The van der Waals surface area contributed by atoms with Gasteiger partial charge in [-0.05, 0) is 31.5 Å². The van der Waals surface area contributed by atoms with Crippen molar-refractivity contribution in [3.05, 3.63) is 42.1 Å². The standard InChI is InChI=1S/C15H17N3O2/c1-15(2,14(19)20-3)11-6-4-5-10(9-11)13-17-8-7-12(16)18-13/h4-9H,1-3H3,(H2,16,17,18). The van der Waals surface area contributed by atoms with Gasteiger partial charge in [0.25, 0.3) is 0 Å². The number of benzene rings is 1. The fourth-order valence-corrected chi connectivity index (χ4v) is 1.93. The van der Waals surface area contributed by atoms with Crippen LogP contribution in [0.3, 0.4) is 0 Å². The number of anilines is 1. The molecular weight excluding hydrogens is 254 g/mol. The molecule has 0 aliphatic rings. The normalized spacial score (nSPS) is 11.2. The van der Waals surface area contributed by atoms with Crippen LogP contribution >= 0.6 is 0 Å². The zero-order chi connectivity index (χ0) is 14.8. The minimum atomic E-state index is -0.731. The average molecular weight is 271 g/mol. The smallest absolute Gasteiger partial charge is 0.315 e. The summed E-state index contributed by atoms with van der Waals surface area (Å²) in [6.07, 6.45) is 1.61. The van der Waals surface area contributed by atoms with Gasteiger partial charge >= 0.3 is 5.97 Å². The maximum Gasteiger partial charge on any atom is 0.315 e. The molecule has 104 valence electrons. The van der Waals surface area contributed by atoms with Gasteiger partial charge in [0.05, 0.1) is 12.5 Å². The van der Waals surface area contributed by atoms with Gasteiger partial charge in [0.1, 0.15) is 5.82 Å². The van der Waals surface area contributed by atoms with E-state index >= 15 is 0 Å². The molecule has 0 unspecified atom stereocenters. The number of carbonyl (C=O) groups excluding carboxylic acids is 1. The highest BCUT2D eigenvalue weighted by Crippen LogP contribution is 2.28. The minimum Gasteiger partial charge on any atom is -0.468 e. The van der Waals surface area contributed by atoms with Crippen molar-refractivity contribution >= 4 is 11.8 Å². The number of methoxy groups -OCH3 is 1. The van der Waals surface area contributed by atoms with E-state index in [2.05, 4.69) is 9.97 Å². The molecule has 0 spiro atoms. The van der Waals surface area contributed by atoms with Gasteiger partial charge in [-0.1, -0.05) is 18.2 Å². The van der Waals surface area contributed by atoms with Crippen molar-refractivity contribution in [1.29, 1.82) is 0 Å². The molecule has 0 radical (unpaired) electrons. The van der Waals surface area contributed by atoms with Gasteiger partial charge in [-0.3, -0.25) is 4.79 Å². The molecular formula is C15H17N3O2. The Hall–Kier alpha value is -2.43. The van der Waals surface area contributed by atoms with Gasteiger partial charge in [-0.25, -0.2) is 9.97 Å². The summed E-state index contributed by atoms with van der Waals surface area (Å²) in [5.74, 6) is 0.656. The van der Waals surface area contributed by atoms with E-state index in [1.165, 1.54) is 7.11 Å². The van der Waals surface area contributed by atoms with E-state index in [1.807, 2.05) is 38.1 Å². The van der Waals surface area contributed by atoms with Crippen LogP contribution in [0.1, 0.15) is 19.4 Å². The highest BCUT2D eigenvalue weighted by molar-refractivity contribution is 5.82. The molecule has 0 amide bonds. The predicted octanol–water partition coefficient (Wildman–Crippen LogP) is 2.18. The van der Waals surface area contributed by atoms with Crippen LogP contribution in [0.5, 0.6) is 0 Å². The molecule has 0 saturated carbocycles. The molecule has 1 aromatic heterocycles. The lowest BCUT2D eigenvalue weighted by atomic mass is 9.84. The molecule has 2 N–H and O–H groups in total. The van der Waals surface area contributed by atoms with Crippen molar-refractivity contribution in [2.45, 2.75) is 19.3 Å². The average Bonchev–Trinajstić information content (AvgIpc) is 2.46. The van der Waals surface area contributed by atoms with Crippen LogP contribution in [0.15, 0.2) is 36.5 Å². The van der Waals surface area contributed by atoms with Gasteiger partial charge in [0.2, 0.25) is 0 Å². The summed E-state index contributed by atoms with van der Waals surface area (Å²) >= 11 is 0. The lowest BCUT2D eigenvalue weighted by Gasteiger charge is -2.22.